The number of nitrogens with zero attached hydrogens (tertiary/aromatic N) is 2. The maximum absolute atomic E-state index is 10.6. The van der Waals surface area contributed by atoms with Gasteiger partial charge in [0.15, 0.2) is 0 Å². The summed E-state index contributed by atoms with van der Waals surface area (Å²) in [4.78, 5) is 14.1. The quantitative estimate of drug-likeness (QED) is 0.450. The van der Waals surface area contributed by atoms with Crippen LogP contribution in [0.4, 0.5) is 5.69 Å². The van der Waals surface area contributed by atoms with E-state index in [0.717, 1.165) is 0 Å². The van der Waals surface area contributed by atoms with Crippen LogP contribution < -0.4 is 0 Å². The van der Waals surface area contributed by atoms with E-state index >= 15 is 0 Å². The summed E-state index contributed by atoms with van der Waals surface area (Å²) in [6, 6.07) is 2.97. The second-order valence-electron chi connectivity index (χ2n) is 3.19. The molecule has 0 radical (unpaired) electrons. The lowest BCUT2D eigenvalue weighted by atomic mass is 10.1. The van der Waals surface area contributed by atoms with Gasteiger partial charge in [-0.05, 0) is 19.9 Å². The number of thiol groups is 1. The van der Waals surface area contributed by atoms with Crippen molar-refractivity contribution in [1.29, 1.82) is 0 Å². The number of hydrogen-bond donors (Lipinski definition) is 1. The Morgan fingerprint density at radius 2 is 2.23 bits per heavy atom. The summed E-state index contributed by atoms with van der Waals surface area (Å²) in [5.74, 6) is 0. The van der Waals surface area contributed by atoms with E-state index in [1.54, 1.807) is 19.9 Å². The fraction of sp³-hybridized carbons (Fsp3) is 0.375. The smallest absolute Gasteiger partial charge is 0.258 e. The largest absolute Gasteiger partial charge is 0.292 e. The molecule has 0 N–H and O–H groups in total. The van der Waals surface area contributed by atoms with Crippen LogP contribution in [0.15, 0.2) is 18.3 Å². The van der Waals surface area contributed by atoms with Gasteiger partial charge >= 0.3 is 0 Å². The molecule has 0 fully saturated rings. The van der Waals surface area contributed by atoms with E-state index in [-0.39, 0.29) is 5.69 Å². The monoisotopic (exact) mass is 198 g/mol. The van der Waals surface area contributed by atoms with E-state index in [4.69, 9.17) is 0 Å². The fourth-order valence-corrected chi connectivity index (χ4v) is 1.19. The van der Waals surface area contributed by atoms with Crippen LogP contribution in [-0.4, -0.2) is 9.91 Å². The highest BCUT2D eigenvalue weighted by atomic mass is 32.1. The molecule has 5 heteroatoms. The van der Waals surface area contributed by atoms with Crippen LogP contribution in [0.1, 0.15) is 19.5 Å². The van der Waals surface area contributed by atoms with E-state index < -0.39 is 9.67 Å². The van der Waals surface area contributed by atoms with Crippen molar-refractivity contribution in [2.45, 2.75) is 18.6 Å². The van der Waals surface area contributed by atoms with Gasteiger partial charge in [-0.25, -0.2) is 0 Å². The Morgan fingerprint density at radius 3 is 2.62 bits per heavy atom. The molecule has 13 heavy (non-hydrogen) atoms. The Kier molecular flexibility index (Phi) is 2.56. The third-order valence-electron chi connectivity index (χ3n) is 1.56. The van der Waals surface area contributed by atoms with Gasteiger partial charge in [0, 0.05) is 12.3 Å². The van der Waals surface area contributed by atoms with Gasteiger partial charge in [0.1, 0.15) is 5.69 Å². The molecule has 1 rings (SSSR count). The maximum atomic E-state index is 10.6. The van der Waals surface area contributed by atoms with Gasteiger partial charge in [-0.2, -0.15) is 12.6 Å². The standard InChI is InChI=1S/C8H10N2O2S/c1-8(2,13)7-6(10(11)12)4-3-5-9-7/h3-5,13H,1-2H3. The summed E-state index contributed by atoms with van der Waals surface area (Å²) in [7, 11) is 0. The molecule has 0 saturated heterocycles. The summed E-state index contributed by atoms with van der Waals surface area (Å²) in [5.41, 5.74) is 0.408. The van der Waals surface area contributed by atoms with Crippen molar-refractivity contribution >= 4 is 18.3 Å². The highest BCUT2D eigenvalue weighted by molar-refractivity contribution is 7.81. The van der Waals surface area contributed by atoms with Crippen molar-refractivity contribution < 1.29 is 4.92 Å². The Hall–Kier alpha value is -1.10. The predicted molar refractivity (Wildman–Crippen MR) is 52.9 cm³/mol. The fourth-order valence-electron chi connectivity index (χ4n) is 1.02. The molecule has 0 saturated carbocycles. The van der Waals surface area contributed by atoms with Gasteiger partial charge in [-0.15, -0.1) is 0 Å². The Labute approximate surface area is 81.6 Å². The average molecular weight is 198 g/mol. The SMILES string of the molecule is CC(C)(S)c1ncccc1[N+](=O)[O-]. The topological polar surface area (TPSA) is 56.0 Å². The minimum absolute atomic E-state index is 0.0162. The number of aromatic nitrogens is 1. The zero-order valence-corrected chi connectivity index (χ0v) is 8.28. The number of rotatable bonds is 2. The lowest BCUT2D eigenvalue weighted by molar-refractivity contribution is -0.386. The van der Waals surface area contributed by atoms with Crippen molar-refractivity contribution in [3.05, 3.63) is 34.1 Å². The number of pyridine rings is 1. The number of nitro groups is 1. The molecule has 0 amide bonds. The minimum atomic E-state index is -0.594. The van der Waals surface area contributed by atoms with E-state index in [1.807, 2.05) is 0 Å². The molecule has 1 aromatic rings. The van der Waals surface area contributed by atoms with Crippen molar-refractivity contribution in [2.75, 3.05) is 0 Å². The van der Waals surface area contributed by atoms with E-state index in [2.05, 4.69) is 17.6 Å². The molecular formula is C8H10N2O2S. The molecule has 70 valence electrons. The summed E-state index contributed by atoms with van der Waals surface area (Å²) in [6.07, 6.45) is 1.53. The van der Waals surface area contributed by atoms with Gasteiger partial charge in [-0.1, -0.05) is 0 Å². The first kappa shape index (κ1) is 9.98. The molecular weight excluding hydrogens is 188 g/mol. The molecule has 1 heterocycles. The van der Waals surface area contributed by atoms with Crippen LogP contribution in [0, 0.1) is 10.1 Å². The van der Waals surface area contributed by atoms with Crippen LogP contribution in [-0.2, 0) is 4.75 Å². The molecule has 0 aliphatic rings. The predicted octanol–water partition coefficient (Wildman–Crippen LogP) is 2.15. The highest BCUT2D eigenvalue weighted by Crippen LogP contribution is 2.31. The second kappa shape index (κ2) is 3.33. The first-order valence-corrected chi connectivity index (χ1v) is 4.20. The molecule has 0 aliphatic heterocycles. The third-order valence-corrected chi connectivity index (χ3v) is 1.77. The van der Waals surface area contributed by atoms with E-state index in [1.165, 1.54) is 12.3 Å². The van der Waals surface area contributed by atoms with Crippen LogP contribution in [0.5, 0.6) is 0 Å². The Morgan fingerprint density at radius 1 is 1.62 bits per heavy atom. The zero-order valence-electron chi connectivity index (χ0n) is 7.39. The second-order valence-corrected chi connectivity index (χ2v) is 4.31. The van der Waals surface area contributed by atoms with Crippen molar-refractivity contribution in [3.8, 4) is 0 Å². The van der Waals surface area contributed by atoms with Gasteiger partial charge in [0.05, 0.1) is 9.67 Å². The maximum Gasteiger partial charge on any atom is 0.292 e. The zero-order chi connectivity index (χ0) is 10.1. The van der Waals surface area contributed by atoms with E-state index in [0.29, 0.717) is 5.69 Å². The average Bonchev–Trinajstić information content (AvgIpc) is 2.03. The first-order chi connectivity index (χ1) is 5.93. The third kappa shape index (κ3) is 2.18. The lowest BCUT2D eigenvalue weighted by Gasteiger charge is -2.15. The van der Waals surface area contributed by atoms with Crippen LogP contribution in [0.2, 0.25) is 0 Å². The van der Waals surface area contributed by atoms with Crippen molar-refractivity contribution in [3.63, 3.8) is 0 Å². The van der Waals surface area contributed by atoms with Gasteiger partial charge in [0.25, 0.3) is 5.69 Å². The molecule has 0 bridgehead atoms. The molecule has 0 unspecified atom stereocenters. The summed E-state index contributed by atoms with van der Waals surface area (Å²) < 4.78 is -0.594. The highest BCUT2D eigenvalue weighted by Gasteiger charge is 2.26. The molecule has 0 spiro atoms. The van der Waals surface area contributed by atoms with Crippen molar-refractivity contribution in [1.82, 2.24) is 4.98 Å². The Bertz CT molecular complexity index is 333. The van der Waals surface area contributed by atoms with Crippen LogP contribution >= 0.6 is 12.6 Å². The first-order valence-electron chi connectivity index (χ1n) is 3.75. The lowest BCUT2D eigenvalue weighted by Crippen LogP contribution is -2.12. The van der Waals surface area contributed by atoms with E-state index in [9.17, 15) is 10.1 Å². The molecule has 0 atom stereocenters. The number of hydrogen-bond acceptors (Lipinski definition) is 4. The molecule has 4 nitrogen and oxygen atoms in total. The summed E-state index contributed by atoms with van der Waals surface area (Å²) in [6.45, 7) is 3.54. The van der Waals surface area contributed by atoms with Gasteiger partial charge in [-0.3, -0.25) is 15.1 Å². The normalized spacial score (nSPS) is 11.3. The van der Waals surface area contributed by atoms with Gasteiger partial charge in [0.2, 0.25) is 0 Å². The molecule has 0 aromatic carbocycles. The van der Waals surface area contributed by atoms with Crippen molar-refractivity contribution in [2.24, 2.45) is 0 Å². The molecule has 1 aromatic heterocycles. The Balaban J connectivity index is 3.28. The van der Waals surface area contributed by atoms with Crippen LogP contribution in [0.3, 0.4) is 0 Å². The summed E-state index contributed by atoms with van der Waals surface area (Å²) >= 11 is 4.24. The molecule has 0 aliphatic carbocycles. The summed E-state index contributed by atoms with van der Waals surface area (Å²) in [5, 5.41) is 10.6. The van der Waals surface area contributed by atoms with Gasteiger partial charge < -0.3 is 0 Å². The minimum Gasteiger partial charge on any atom is -0.258 e. The van der Waals surface area contributed by atoms with Crippen LogP contribution in [0.25, 0.3) is 0 Å².